The largest absolute Gasteiger partial charge is 0.366 e. The van der Waals surface area contributed by atoms with Gasteiger partial charge in [0.15, 0.2) is 0 Å². The Morgan fingerprint density at radius 3 is 2.67 bits per heavy atom. The average Bonchev–Trinajstić information content (AvgIpc) is 2.37. The van der Waals surface area contributed by atoms with Crippen molar-refractivity contribution in [3.05, 3.63) is 58.2 Å². The van der Waals surface area contributed by atoms with Gasteiger partial charge in [-0.15, -0.1) is 0 Å². The van der Waals surface area contributed by atoms with Crippen LogP contribution in [0.3, 0.4) is 0 Å². The van der Waals surface area contributed by atoms with E-state index in [1.54, 1.807) is 12.1 Å². The van der Waals surface area contributed by atoms with E-state index in [1.165, 1.54) is 0 Å². The highest BCUT2D eigenvalue weighted by Crippen LogP contribution is 2.13. The molecule has 0 radical (unpaired) electrons. The predicted octanol–water partition coefficient (Wildman–Crippen LogP) is 3.53. The van der Waals surface area contributed by atoms with Gasteiger partial charge in [0.05, 0.1) is 11.6 Å². The summed E-state index contributed by atoms with van der Waals surface area (Å²) in [5, 5.41) is 12.8. The van der Waals surface area contributed by atoms with Gasteiger partial charge in [-0.25, -0.2) is 4.98 Å². The van der Waals surface area contributed by atoms with Crippen LogP contribution in [0.5, 0.6) is 0 Å². The summed E-state index contributed by atoms with van der Waals surface area (Å²) < 4.78 is 0. The molecule has 18 heavy (non-hydrogen) atoms. The number of rotatable bonds is 3. The van der Waals surface area contributed by atoms with Gasteiger partial charge >= 0.3 is 0 Å². The average molecular weight is 258 g/mol. The van der Waals surface area contributed by atoms with Gasteiger partial charge in [-0.1, -0.05) is 23.7 Å². The van der Waals surface area contributed by atoms with Crippen molar-refractivity contribution in [2.24, 2.45) is 0 Å². The van der Waals surface area contributed by atoms with E-state index in [4.69, 9.17) is 16.9 Å². The summed E-state index contributed by atoms with van der Waals surface area (Å²) >= 11 is 5.82. The normalized spacial score (nSPS) is 9.83. The highest BCUT2D eigenvalue weighted by Gasteiger charge is 2.00. The maximum Gasteiger partial charge on any atom is 0.127 e. The Labute approximate surface area is 111 Å². The topological polar surface area (TPSA) is 48.7 Å². The van der Waals surface area contributed by atoms with E-state index in [1.807, 2.05) is 31.2 Å². The molecule has 0 saturated heterocycles. The second-order valence-corrected chi connectivity index (χ2v) is 4.41. The zero-order valence-electron chi connectivity index (χ0n) is 9.94. The van der Waals surface area contributed by atoms with Crippen molar-refractivity contribution in [3.8, 4) is 6.07 Å². The lowest BCUT2D eigenvalue weighted by Crippen LogP contribution is -2.02. The smallest absolute Gasteiger partial charge is 0.127 e. The Hall–Kier alpha value is -2.05. The maximum absolute atomic E-state index is 8.88. The molecule has 0 spiro atoms. The summed E-state index contributed by atoms with van der Waals surface area (Å²) in [7, 11) is 0. The number of nitriles is 1. The van der Waals surface area contributed by atoms with Crippen LogP contribution in [-0.2, 0) is 6.54 Å². The van der Waals surface area contributed by atoms with Crippen LogP contribution < -0.4 is 5.32 Å². The lowest BCUT2D eigenvalue weighted by atomic mass is 10.2. The van der Waals surface area contributed by atoms with Crippen molar-refractivity contribution in [1.82, 2.24) is 4.98 Å². The molecule has 4 heteroatoms. The van der Waals surface area contributed by atoms with Crippen LogP contribution in [0.25, 0.3) is 0 Å². The number of halogens is 1. The Morgan fingerprint density at radius 2 is 2.00 bits per heavy atom. The minimum absolute atomic E-state index is 0.612. The second kappa shape index (κ2) is 5.52. The first-order valence-electron chi connectivity index (χ1n) is 5.54. The van der Waals surface area contributed by atoms with E-state index < -0.39 is 0 Å². The molecule has 0 aliphatic rings. The van der Waals surface area contributed by atoms with Gasteiger partial charge in [-0.05, 0) is 36.8 Å². The molecule has 0 aliphatic carbocycles. The number of aryl methyl sites for hydroxylation is 1. The first kappa shape index (κ1) is 12.4. The standard InChI is InChI=1S/C14H12ClN3/c1-10-6-12(8-16)7-14(18-10)17-9-11-2-4-13(15)5-3-11/h2-7H,9H2,1H3,(H,17,18). The van der Waals surface area contributed by atoms with Crippen LogP contribution in [0.4, 0.5) is 5.82 Å². The Morgan fingerprint density at radius 1 is 1.28 bits per heavy atom. The van der Waals surface area contributed by atoms with Crippen molar-refractivity contribution in [2.45, 2.75) is 13.5 Å². The molecule has 0 amide bonds. The minimum atomic E-state index is 0.612. The molecule has 0 atom stereocenters. The number of hydrogen-bond donors (Lipinski definition) is 1. The fraction of sp³-hybridized carbons (Fsp3) is 0.143. The van der Waals surface area contributed by atoms with Crippen LogP contribution in [-0.4, -0.2) is 4.98 Å². The maximum atomic E-state index is 8.88. The quantitative estimate of drug-likeness (QED) is 0.915. The van der Waals surface area contributed by atoms with E-state index in [9.17, 15) is 0 Å². The molecule has 1 N–H and O–H groups in total. The second-order valence-electron chi connectivity index (χ2n) is 3.97. The van der Waals surface area contributed by atoms with Crippen molar-refractivity contribution in [2.75, 3.05) is 5.32 Å². The number of nitrogens with one attached hydrogen (secondary N) is 1. The number of benzene rings is 1. The monoisotopic (exact) mass is 257 g/mol. The van der Waals surface area contributed by atoms with Crippen LogP contribution in [0.15, 0.2) is 36.4 Å². The van der Waals surface area contributed by atoms with Crippen molar-refractivity contribution >= 4 is 17.4 Å². The molecule has 0 saturated carbocycles. The summed E-state index contributed by atoms with van der Waals surface area (Å²) in [5.74, 6) is 0.710. The van der Waals surface area contributed by atoms with E-state index in [0.717, 1.165) is 16.3 Å². The summed E-state index contributed by atoms with van der Waals surface area (Å²) in [4.78, 5) is 4.33. The molecule has 0 aliphatic heterocycles. The van der Waals surface area contributed by atoms with Gasteiger partial charge in [0.1, 0.15) is 5.82 Å². The third-order valence-corrected chi connectivity index (χ3v) is 2.72. The van der Waals surface area contributed by atoms with Crippen LogP contribution >= 0.6 is 11.6 Å². The molecule has 2 rings (SSSR count). The van der Waals surface area contributed by atoms with Crippen LogP contribution in [0.2, 0.25) is 5.02 Å². The number of aromatic nitrogens is 1. The van der Waals surface area contributed by atoms with Gasteiger partial charge in [-0.2, -0.15) is 5.26 Å². The molecular weight excluding hydrogens is 246 g/mol. The lowest BCUT2D eigenvalue weighted by Gasteiger charge is -2.07. The predicted molar refractivity (Wildman–Crippen MR) is 72.5 cm³/mol. The highest BCUT2D eigenvalue weighted by molar-refractivity contribution is 6.30. The zero-order chi connectivity index (χ0) is 13.0. The highest BCUT2D eigenvalue weighted by atomic mass is 35.5. The van der Waals surface area contributed by atoms with Crippen molar-refractivity contribution in [3.63, 3.8) is 0 Å². The Kier molecular flexibility index (Phi) is 3.81. The van der Waals surface area contributed by atoms with E-state index in [-0.39, 0.29) is 0 Å². The van der Waals surface area contributed by atoms with Crippen molar-refractivity contribution in [1.29, 1.82) is 5.26 Å². The number of nitrogens with zero attached hydrogens (tertiary/aromatic N) is 2. The summed E-state index contributed by atoms with van der Waals surface area (Å²) in [6.45, 7) is 2.52. The SMILES string of the molecule is Cc1cc(C#N)cc(NCc2ccc(Cl)cc2)n1. The summed E-state index contributed by atoms with van der Waals surface area (Å²) in [6, 6.07) is 13.2. The molecule has 1 aromatic carbocycles. The van der Waals surface area contributed by atoms with E-state index >= 15 is 0 Å². The molecule has 3 nitrogen and oxygen atoms in total. The minimum Gasteiger partial charge on any atom is -0.366 e. The van der Waals surface area contributed by atoms with E-state index in [0.29, 0.717) is 17.9 Å². The van der Waals surface area contributed by atoms with E-state index in [2.05, 4.69) is 16.4 Å². The first-order valence-corrected chi connectivity index (χ1v) is 5.92. The third-order valence-electron chi connectivity index (χ3n) is 2.47. The van der Waals surface area contributed by atoms with Crippen molar-refractivity contribution < 1.29 is 0 Å². The number of anilines is 1. The molecule has 0 fully saturated rings. The first-order chi connectivity index (χ1) is 8.67. The molecule has 1 aromatic heterocycles. The molecule has 2 aromatic rings. The van der Waals surface area contributed by atoms with Crippen LogP contribution in [0, 0.1) is 18.3 Å². The molecular formula is C14H12ClN3. The number of pyridine rings is 1. The fourth-order valence-electron chi connectivity index (χ4n) is 1.62. The Bertz CT molecular complexity index is 585. The lowest BCUT2D eigenvalue weighted by molar-refractivity contribution is 1.09. The molecule has 0 bridgehead atoms. The van der Waals surface area contributed by atoms with Gasteiger partial charge in [0.2, 0.25) is 0 Å². The molecule has 0 unspecified atom stereocenters. The molecule has 90 valence electrons. The summed E-state index contributed by atoms with van der Waals surface area (Å²) in [5.41, 5.74) is 2.55. The molecule has 1 heterocycles. The Balaban J connectivity index is 2.08. The fourth-order valence-corrected chi connectivity index (χ4v) is 1.74. The van der Waals surface area contributed by atoms with Gasteiger partial charge < -0.3 is 5.32 Å². The third kappa shape index (κ3) is 3.22. The van der Waals surface area contributed by atoms with Gasteiger partial charge in [0, 0.05) is 17.3 Å². The number of hydrogen-bond acceptors (Lipinski definition) is 3. The van der Waals surface area contributed by atoms with Gasteiger partial charge in [0.25, 0.3) is 0 Å². The van der Waals surface area contributed by atoms with Crippen LogP contribution in [0.1, 0.15) is 16.8 Å². The van der Waals surface area contributed by atoms with Gasteiger partial charge in [-0.3, -0.25) is 0 Å². The summed E-state index contributed by atoms with van der Waals surface area (Å²) in [6.07, 6.45) is 0. The zero-order valence-corrected chi connectivity index (χ0v) is 10.7.